The Bertz CT molecular complexity index is 390. The summed E-state index contributed by atoms with van der Waals surface area (Å²) in [6, 6.07) is 8.19. The molecule has 0 saturated heterocycles. The molecule has 1 rings (SSSR count). The Morgan fingerprint density at radius 1 is 0.938 bits per heavy atom. The van der Waals surface area contributed by atoms with Crippen LogP contribution < -0.4 is 0 Å². The van der Waals surface area contributed by atoms with Gasteiger partial charge >= 0.3 is 109 Å². The van der Waals surface area contributed by atoms with E-state index >= 15 is 0 Å². The molecule has 0 radical (unpaired) electrons. The first-order valence-corrected chi connectivity index (χ1v) is 8.58. The molecular formula is C12H12N2Se2. The van der Waals surface area contributed by atoms with Gasteiger partial charge in [-0.1, -0.05) is 0 Å². The molecule has 2 nitrogen and oxygen atoms in total. The first-order valence-electron chi connectivity index (χ1n) is 4.89. The minimum absolute atomic E-state index is 0.0184. The Hall–Kier alpha value is -0.761. The van der Waals surface area contributed by atoms with E-state index in [0.29, 0.717) is 9.63 Å². The summed E-state index contributed by atoms with van der Waals surface area (Å²) >= 11 is -0.0368. The van der Waals surface area contributed by atoms with Crippen LogP contribution in [0.3, 0.4) is 0 Å². The van der Waals surface area contributed by atoms with Crippen LogP contribution in [-0.2, 0) is 0 Å². The minimum atomic E-state index is -0.0184. The van der Waals surface area contributed by atoms with Crippen molar-refractivity contribution >= 4 is 29.9 Å². The molecule has 0 spiro atoms. The fourth-order valence-electron chi connectivity index (χ4n) is 1.54. The molecule has 1 aromatic carbocycles. The molecule has 2 atom stereocenters. The van der Waals surface area contributed by atoms with Crippen LogP contribution in [0.15, 0.2) is 24.3 Å². The van der Waals surface area contributed by atoms with E-state index in [2.05, 4.69) is 35.9 Å². The van der Waals surface area contributed by atoms with Gasteiger partial charge in [0.1, 0.15) is 0 Å². The molecule has 0 bridgehead atoms. The third-order valence-electron chi connectivity index (χ3n) is 2.33. The second-order valence-corrected chi connectivity index (χ2v) is 8.05. The SMILES string of the molecule is C[C@H]([Se]C#N)c1ccccc1[C@@H](C)[Se]C#N. The van der Waals surface area contributed by atoms with Crippen LogP contribution in [0.1, 0.15) is 34.6 Å². The third-order valence-corrected chi connectivity index (χ3v) is 5.32. The van der Waals surface area contributed by atoms with Crippen LogP contribution in [0.4, 0.5) is 0 Å². The van der Waals surface area contributed by atoms with Gasteiger partial charge in [-0.15, -0.1) is 0 Å². The maximum absolute atomic E-state index is 8.76. The number of nitriles is 2. The molecule has 0 fully saturated rings. The van der Waals surface area contributed by atoms with Crippen molar-refractivity contribution in [3.63, 3.8) is 0 Å². The molecular weight excluding hydrogens is 330 g/mol. The van der Waals surface area contributed by atoms with Gasteiger partial charge in [-0.25, -0.2) is 0 Å². The fourth-order valence-corrected chi connectivity index (χ4v) is 3.63. The zero-order valence-electron chi connectivity index (χ0n) is 9.18. The summed E-state index contributed by atoms with van der Waals surface area (Å²) in [6.07, 6.45) is 0. The first kappa shape index (κ1) is 13.3. The number of benzene rings is 1. The topological polar surface area (TPSA) is 47.6 Å². The summed E-state index contributed by atoms with van der Waals surface area (Å²) in [7, 11) is 0. The van der Waals surface area contributed by atoms with E-state index in [1.165, 1.54) is 11.1 Å². The fraction of sp³-hybridized carbons (Fsp3) is 0.333. The first-order chi connectivity index (χ1) is 7.70. The van der Waals surface area contributed by atoms with Crippen molar-refractivity contribution in [3.8, 4) is 9.94 Å². The second kappa shape index (κ2) is 6.74. The number of hydrogen-bond donors (Lipinski definition) is 0. The molecule has 0 N–H and O–H groups in total. The van der Waals surface area contributed by atoms with Crippen LogP contribution in [0.5, 0.6) is 0 Å². The molecule has 0 aromatic heterocycles. The van der Waals surface area contributed by atoms with Crippen LogP contribution in [0.25, 0.3) is 0 Å². The number of nitrogens with zero attached hydrogens (tertiary/aromatic N) is 2. The Morgan fingerprint density at radius 2 is 1.31 bits per heavy atom. The third kappa shape index (κ3) is 3.38. The van der Waals surface area contributed by atoms with Crippen LogP contribution in [0, 0.1) is 20.5 Å². The zero-order valence-corrected chi connectivity index (χ0v) is 12.6. The van der Waals surface area contributed by atoms with Crippen LogP contribution in [0.2, 0.25) is 0 Å². The summed E-state index contributed by atoms with van der Waals surface area (Å²) in [5.41, 5.74) is 2.49. The van der Waals surface area contributed by atoms with E-state index in [9.17, 15) is 0 Å². The Balaban J connectivity index is 3.01. The monoisotopic (exact) mass is 344 g/mol. The van der Waals surface area contributed by atoms with E-state index in [0.717, 1.165) is 0 Å². The molecule has 16 heavy (non-hydrogen) atoms. The van der Waals surface area contributed by atoms with E-state index in [1.807, 2.05) is 12.1 Å². The second-order valence-electron chi connectivity index (χ2n) is 3.33. The Labute approximate surface area is 109 Å². The van der Waals surface area contributed by atoms with Crippen molar-refractivity contribution in [2.75, 3.05) is 0 Å². The van der Waals surface area contributed by atoms with E-state index in [-0.39, 0.29) is 29.9 Å². The van der Waals surface area contributed by atoms with E-state index < -0.39 is 0 Å². The molecule has 0 aliphatic heterocycles. The summed E-state index contributed by atoms with van der Waals surface area (Å²) in [5.74, 6) is 0. The summed E-state index contributed by atoms with van der Waals surface area (Å²) in [4.78, 5) is 5.15. The van der Waals surface area contributed by atoms with Crippen molar-refractivity contribution in [1.29, 1.82) is 10.5 Å². The normalized spacial score (nSPS) is 13.5. The van der Waals surface area contributed by atoms with Gasteiger partial charge in [-0.3, -0.25) is 0 Å². The molecule has 0 aliphatic rings. The molecule has 1 aromatic rings. The van der Waals surface area contributed by atoms with Gasteiger partial charge in [0.05, 0.1) is 0 Å². The van der Waals surface area contributed by atoms with Crippen molar-refractivity contribution in [2.24, 2.45) is 0 Å². The van der Waals surface area contributed by atoms with Gasteiger partial charge in [0.25, 0.3) is 0 Å². The predicted molar refractivity (Wildman–Crippen MR) is 66.0 cm³/mol. The van der Waals surface area contributed by atoms with Gasteiger partial charge in [0, 0.05) is 0 Å². The maximum atomic E-state index is 8.76. The average molecular weight is 342 g/mol. The summed E-state index contributed by atoms with van der Waals surface area (Å²) in [5, 5.41) is 17.5. The Morgan fingerprint density at radius 3 is 1.62 bits per heavy atom. The molecule has 0 amide bonds. The van der Waals surface area contributed by atoms with E-state index in [4.69, 9.17) is 10.5 Å². The molecule has 0 unspecified atom stereocenters. The van der Waals surface area contributed by atoms with Crippen LogP contribution in [-0.4, -0.2) is 29.9 Å². The van der Waals surface area contributed by atoms with Gasteiger partial charge in [0.2, 0.25) is 0 Å². The predicted octanol–water partition coefficient (Wildman–Crippen LogP) is 2.18. The summed E-state index contributed by atoms with van der Waals surface area (Å²) < 4.78 is 0. The van der Waals surface area contributed by atoms with Gasteiger partial charge in [-0.2, -0.15) is 0 Å². The number of rotatable bonds is 4. The van der Waals surface area contributed by atoms with Crippen molar-refractivity contribution < 1.29 is 0 Å². The van der Waals surface area contributed by atoms with Gasteiger partial charge < -0.3 is 0 Å². The zero-order chi connectivity index (χ0) is 12.0. The standard InChI is InChI=1S/C12H12N2Se2/c1-9(15-7-13)11-5-3-4-6-12(11)10(2)16-8-14/h3-6,9-10H,1-2H3/t9-,10+. The molecule has 4 heteroatoms. The van der Waals surface area contributed by atoms with Gasteiger partial charge in [-0.05, 0) is 0 Å². The molecule has 82 valence electrons. The Kier molecular flexibility index (Phi) is 5.61. The quantitative estimate of drug-likeness (QED) is 0.788. The molecule has 0 saturated carbocycles. The average Bonchev–Trinajstić information content (AvgIpc) is 2.30. The van der Waals surface area contributed by atoms with Crippen molar-refractivity contribution in [3.05, 3.63) is 35.4 Å². The van der Waals surface area contributed by atoms with Crippen molar-refractivity contribution in [1.82, 2.24) is 0 Å². The molecule has 0 aliphatic carbocycles. The number of hydrogen-bond acceptors (Lipinski definition) is 2. The van der Waals surface area contributed by atoms with Crippen molar-refractivity contribution in [2.45, 2.75) is 23.5 Å². The van der Waals surface area contributed by atoms with E-state index in [1.54, 1.807) is 0 Å². The van der Waals surface area contributed by atoms with Crippen LogP contribution >= 0.6 is 0 Å². The van der Waals surface area contributed by atoms with Gasteiger partial charge in [0.15, 0.2) is 0 Å². The molecule has 0 heterocycles. The summed E-state index contributed by atoms with van der Waals surface area (Å²) in [6.45, 7) is 4.18.